The molecule has 1 atom stereocenters. The normalized spacial score (nSPS) is 14.1. The molecule has 4 rings (SSSR count). The first-order chi connectivity index (χ1) is 17.0. The first kappa shape index (κ1) is 24.1. The summed E-state index contributed by atoms with van der Waals surface area (Å²) in [5.74, 6) is 0.199. The number of rotatable bonds is 7. The largest absolute Gasteiger partial charge is 0.493 e. The van der Waals surface area contributed by atoms with Crippen LogP contribution >= 0.6 is 11.6 Å². The molecule has 0 fully saturated rings. The average Bonchev–Trinajstić information content (AvgIpc) is 2.89. The van der Waals surface area contributed by atoms with Gasteiger partial charge in [0, 0.05) is 28.8 Å². The van der Waals surface area contributed by atoms with E-state index in [1.54, 1.807) is 36.4 Å². The highest BCUT2D eigenvalue weighted by Gasteiger charge is 2.30. The summed E-state index contributed by atoms with van der Waals surface area (Å²) in [5.41, 5.74) is 2.45. The lowest BCUT2D eigenvalue weighted by atomic mass is 9.91. The van der Waals surface area contributed by atoms with Crippen molar-refractivity contribution in [2.75, 3.05) is 20.3 Å². The number of carbonyl (C=O) groups excluding carboxylic acids is 2. The smallest absolute Gasteiger partial charge is 0.313 e. The maximum Gasteiger partial charge on any atom is 0.313 e. The van der Waals surface area contributed by atoms with Crippen molar-refractivity contribution in [3.05, 3.63) is 87.9 Å². The van der Waals surface area contributed by atoms with Crippen molar-refractivity contribution < 1.29 is 23.8 Å². The Balaban J connectivity index is 1.41. The standard InChI is InChI=1S/C27H23ClN2O5/c1-33-27(32)22-11-13-34-25-15-24(19(16-29)14-23(22)25)35-21-8-4-18(5-9-21)26(31)30-12-10-17-2-6-20(28)7-3-17/h2-9,14-15,22H,10-13H2,1H3,(H,30,31). The second kappa shape index (κ2) is 10.9. The van der Waals surface area contributed by atoms with Crippen molar-refractivity contribution in [2.24, 2.45) is 0 Å². The van der Waals surface area contributed by atoms with E-state index in [0.717, 1.165) is 5.56 Å². The number of methoxy groups -OCH3 is 1. The molecule has 0 spiro atoms. The van der Waals surface area contributed by atoms with Crippen LogP contribution in [0.1, 0.15) is 39.4 Å². The number of benzene rings is 3. The molecule has 1 heterocycles. The molecule has 1 aliphatic heterocycles. The number of fused-ring (bicyclic) bond motifs is 1. The summed E-state index contributed by atoms with van der Waals surface area (Å²) in [7, 11) is 1.34. The number of nitriles is 1. The minimum Gasteiger partial charge on any atom is -0.493 e. The lowest BCUT2D eigenvalue weighted by Gasteiger charge is -2.25. The van der Waals surface area contributed by atoms with Gasteiger partial charge >= 0.3 is 5.97 Å². The van der Waals surface area contributed by atoms with Gasteiger partial charge in [-0.15, -0.1) is 0 Å². The highest BCUT2D eigenvalue weighted by molar-refractivity contribution is 6.30. The molecule has 35 heavy (non-hydrogen) atoms. The monoisotopic (exact) mass is 490 g/mol. The van der Waals surface area contributed by atoms with Crippen molar-refractivity contribution in [1.82, 2.24) is 5.32 Å². The van der Waals surface area contributed by atoms with Crippen LogP contribution in [0.3, 0.4) is 0 Å². The second-order valence-corrected chi connectivity index (χ2v) is 8.41. The van der Waals surface area contributed by atoms with Crippen LogP contribution in [0.4, 0.5) is 0 Å². The number of hydrogen-bond acceptors (Lipinski definition) is 6. The molecule has 1 amide bonds. The zero-order chi connectivity index (χ0) is 24.8. The minimum atomic E-state index is -0.484. The third-order valence-corrected chi connectivity index (χ3v) is 5.97. The molecule has 0 aromatic heterocycles. The van der Waals surface area contributed by atoms with E-state index in [1.807, 2.05) is 24.3 Å². The van der Waals surface area contributed by atoms with E-state index in [1.165, 1.54) is 7.11 Å². The number of halogens is 1. The van der Waals surface area contributed by atoms with Crippen LogP contribution in [0.2, 0.25) is 5.02 Å². The third-order valence-electron chi connectivity index (χ3n) is 5.71. The van der Waals surface area contributed by atoms with Crippen LogP contribution in [-0.4, -0.2) is 32.1 Å². The van der Waals surface area contributed by atoms with Crippen molar-refractivity contribution in [1.29, 1.82) is 5.26 Å². The van der Waals surface area contributed by atoms with Crippen molar-refractivity contribution in [2.45, 2.75) is 18.8 Å². The average molecular weight is 491 g/mol. The number of carbonyl (C=O) groups is 2. The number of esters is 1. The van der Waals surface area contributed by atoms with Crippen LogP contribution in [0.15, 0.2) is 60.7 Å². The van der Waals surface area contributed by atoms with E-state index in [0.29, 0.717) is 59.4 Å². The zero-order valence-electron chi connectivity index (χ0n) is 19.0. The molecule has 0 saturated carbocycles. The Labute approximate surface area is 208 Å². The number of nitrogens with zero attached hydrogens (tertiary/aromatic N) is 1. The molecular formula is C27H23ClN2O5. The van der Waals surface area contributed by atoms with Crippen LogP contribution in [0, 0.1) is 11.3 Å². The van der Waals surface area contributed by atoms with Crippen LogP contribution in [0.5, 0.6) is 17.2 Å². The molecule has 0 bridgehead atoms. The Bertz CT molecular complexity index is 1270. The van der Waals surface area contributed by atoms with Gasteiger partial charge in [0.25, 0.3) is 5.91 Å². The summed E-state index contributed by atoms with van der Waals surface area (Å²) >= 11 is 5.89. The third kappa shape index (κ3) is 5.73. The SMILES string of the molecule is COC(=O)C1CCOc2cc(Oc3ccc(C(=O)NCCc4ccc(Cl)cc4)cc3)c(C#N)cc21. The molecule has 1 aliphatic rings. The first-order valence-electron chi connectivity index (χ1n) is 11.1. The van der Waals surface area contributed by atoms with E-state index < -0.39 is 5.92 Å². The van der Waals surface area contributed by atoms with Gasteiger partial charge in [0.15, 0.2) is 0 Å². The predicted molar refractivity (Wildman–Crippen MR) is 130 cm³/mol. The molecule has 0 aliphatic carbocycles. The Morgan fingerprint density at radius 1 is 1.14 bits per heavy atom. The van der Waals surface area contributed by atoms with Gasteiger partial charge in [-0.3, -0.25) is 9.59 Å². The summed E-state index contributed by atoms with van der Waals surface area (Å²) in [5, 5.41) is 13.2. The molecule has 7 nitrogen and oxygen atoms in total. The number of ether oxygens (including phenoxy) is 3. The fourth-order valence-electron chi connectivity index (χ4n) is 3.85. The molecule has 3 aromatic carbocycles. The van der Waals surface area contributed by atoms with Gasteiger partial charge in [-0.25, -0.2) is 0 Å². The Hall–Kier alpha value is -4.02. The van der Waals surface area contributed by atoms with Crippen molar-refractivity contribution in [3.63, 3.8) is 0 Å². The second-order valence-electron chi connectivity index (χ2n) is 7.97. The molecule has 178 valence electrons. The lowest BCUT2D eigenvalue weighted by molar-refractivity contribution is -0.143. The van der Waals surface area contributed by atoms with E-state index in [-0.39, 0.29) is 17.4 Å². The van der Waals surface area contributed by atoms with Gasteiger partial charge in [-0.05, 0) is 60.9 Å². The van der Waals surface area contributed by atoms with Crippen molar-refractivity contribution >= 4 is 23.5 Å². The van der Waals surface area contributed by atoms with Crippen LogP contribution in [-0.2, 0) is 16.0 Å². The van der Waals surface area contributed by atoms with Gasteiger partial charge in [0.05, 0.1) is 25.2 Å². The van der Waals surface area contributed by atoms with Gasteiger partial charge in [0.1, 0.15) is 23.3 Å². The summed E-state index contributed by atoms with van der Waals surface area (Å²) in [6.07, 6.45) is 1.17. The van der Waals surface area contributed by atoms with Gasteiger partial charge in [0.2, 0.25) is 0 Å². The summed E-state index contributed by atoms with van der Waals surface area (Å²) < 4.78 is 16.5. The first-order valence-corrected chi connectivity index (χ1v) is 11.5. The topological polar surface area (TPSA) is 97.7 Å². The summed E-state index contributed by atoms with van der Waals surface area (Å²) in [6.45, 7) is 0.853. The lowest BCUT2D eigenvalue weighted by Crippen LogP contribution is -2.25. The quantitative estimate of drug-likeness (QED) is 0.467. The molecule has 0 saturated heterocycles. The molecule has 3 aromatic rings. The molecule has 0 radical (unpaired) electrons. The van der Waals surface area contributed by atoms with Crippen LogP contribution in [0.25, 0.3) is 0 Å². The fourth-order valence-corrected chi connectivity index (χ4v) is 3.98. The van der Waals surface area contributed by atoms with Gasteiger partial charge in [-0.1, -0.05) is 23.7 Å². The summed E-state index contributed by atoms with van der Waals surface area (Å²) in [4.78, 5) is 24.6. The van der Waals surface area contributed by atoms with Gasteiger partial charge < -0.3 is 19.5 Å². The van der Waals surface area contributed by atoms with E-state index in [9.17, 15) is 14.9 Å². The molecule has 1 unspecified atom stereocenters. The summed E-state index contributed by atoms with van der Waals surface area (Å²) in [6, 6.07) is 19.4. The van der Waals surface area contributed by atoms with Crippen molar-refractivity contribution in [3.8, 4) is 23.3 Å². The van der Waals surface area contributed by atoms with Crippen LogP contribution < -0.4 is 14.8 Å². The molecular weight excluding hydrogens is 468 g/mol. The zero-order valence-corrected chi connectivity index (χ0v) is 19.8. The Morgan fingerprint density at radius 3 is 2.57 bits per heavy atom. The fraction of sp³-hybridized carbons (Fsp3) is 0.222. The Morgan fingerprint density at radius 2 is 1.89 bits per heavy atom. The van der Waals surface area contributed by atoms with E-state index in [2.05, 4.69) is 11.4 Å². The number of amides is 1. The molecule has 1 N–H and O–H groups in total. The highest BCUT2D eigenvalue weighted by atomic mass is 35.5. The maximum absolute atomic E-state index is 12.5. The highest BCUT2D eigenvalue weighted by Crippen LogP contribution is 2.40. The molecule has 8 heteroatoms. The Kier molecular flexibility index (Phi) is 7.54. The number of hydrogen-bond donors (Lipinski definition) is 1. The maximum atomic E-state index is 12.5. The van der Waals surface area contributed by atoms with Gasteiger partial charge in [-0.2, -0.15) is 5.26 Å². The predicted octanol–water partition coefficient (Wildman–Crippen LogP) is 5.02. The van der Waals surface area contributed by atoms with E-state index >= 15 is 0 Å². The minimum absolute atomic E-state index is 0.195. The van der Waals surface area contributed by atoms with E-state index in [4.69, 9.17) is 25.8 Å². The number of nitrogens with one attached hydrogen (secondary N) is 1.